The summed E-state index contributed by atoms with van der Waals surface area (Å²) in [6, 6.07) is 0. The Kier molecular flexibility index (Phi) is 2.53. The zero-order valence-electron chi connectivity index (χ0n) is 9.63. The van der Waals surface area contributed by atoms with E-state index in [1.54, 1.807) is 0 Å². The lowest BCUT2D eigenvalue weighted by atomic mass is 9.87. The summed E-state index contributed by atoms with van der Waals surface area (Å²) in [7, 11) is 0. The molecule has 0 aromatic rings. The van der Waals surface area contributed by atoms with E-state index in [4.69, 9.17) is 4.74 Å². The molecule has 1 unspecified atom stereocenters. The highest BCUT2D eigenvalue weighted by atomic mass is 32.2. The molecule has 0 amide bonds. The summed E-state index contributed by atoms with van der Waals surface area (Å²) in [5.74, 6) is 0. The van der Waals surface area contributed by atoms with Crippen LogP contribution in [0.2, 0.25) is 0 Å². The average molecular weight is 227 g/mol. The van der Waals surface area contributed by atoms with Crippen molar-refractivity contribution in [1.29, 1.82) is 0 Å². The van der Waals surface area contributed by atoms with E-state index in [0.717, 1.165) is 13.2 Å². The van der Waals surface area contributed by atoms with Gasteiger partial charge in [-0.15, -0.1) is 0 Å². The van der Waals surface area contributed by atoms with E-state index < -0.39 is 0 Å². The molecule has 15 heavy (non-hydrogen) atoms. The Labute approximate surface area is 96.7 Å². The molecule has 1 atom stereocenters. The Morgan fingerprint density at radius 3 is 2.73 bits per heavy atom. The van der Waals surface area contributed by atoms with E-state index in [9.17, 15) is 0 Å². The second kappa shape index (κ2) is 3.64. The predicted molar refractivity (Wildman–Crippen MR) is 64.4 cm³/mol. The van der Waals surface area contributed by atoms with Crippen molar-refractivity contribution in [3.63, 3.8) is 0 Å². The number of rotatable bonds is 3. The van der Waals surface area contributed by atoms with Gasteiger partial charge in [-0.2, -0.15) is 11.8 Å². The van der Waals surface area contributed by atoms with E-state index in [0.29, 0.717) is 10.2 Å². The number of thioether (sulfide) groups is 1. The molecule has 2 heterocycles. The van der Waals surface area contributed by atoms with Gasteiger partial charge in [-0.05, 0) is 38.5 Å². The van der Waals surface area contributed by atoms with Gasteiger partial charge in [0.05, 0.1) is 6.61 Å². The smallest absolute Gasteiger partial charge is 0.0536 e. The van der Waals surface area contributed by atoms with Gasteiger partial charge in [0, 0.05) is 29.9 Å². The van der Waals surface area contributed by atoms with E-state index in [2.05, 4.69) is 22.9 Å². The van der Waals surface area contributed by atoms with Crippen molar-refractivity contribution in [3.05, 3.63) is 0 Å². The fourth-order valence-corrected chi connectivity index (χ4v) is 3.93. The summed E-state index contributed by atoms with van der Waals surface area (Å²) in [5.41, 5.74) is 0.550. The summed E-state index contributed by atoms with van der Waals surface area (Å²) in [4.78, 5) is 2.69. The maximum atomic E-state index is 5.57. The zero-order chi connectivity index (χ0) is 10.4. The van der Waals surface area contributed by atoms with E-state index >= 15 is 0 Å². The molecular formula is C12H21NOS. The van der Waals surface area contributed by atoms with Crippen LogP contribution in [-0.2, 0) is 4.74 Å². The van der Waals surface area contributed by atoms with Crippen LogP contribution >= 0.6 is 11.8 Å². The molecule has 3 fully saturated rings. The van der Waals surface area contributed by atoms with Crippen LogP contribution in [0.4, 0.5) is 0 Å². The molecule has 0 bridgehead atoms. The number of ether oxygens (including phenoxy) is 1. The Morgan fingerprint density at radius 1 is 1.27 bits per heavy atom. The largest absolute Gasteiger partial charge is 0.381 e. The number of nitrogens with zero attached hydrogens (tertiary/aromatic N) is 1. The second-order valence-electron chi connectivity index (χ2n) is 5.65. The predicted octanol–water partition coefficient (Wildman–Crippen LogP) is 1.99. The maximum absolute atomic E-state index is 5.57. The van der Waals surface area contributed by atoms with Crippen LogP contribution in [0.15, 0.2) is 0 Å². The third-order valence-corrected chi connectivity index (χ3v) is 5.86. The summed E-state index contributed by atoms with van der Waals surface area (Å²) >= 11 is 2.08. The first-order chi connectivity index (χ1) is 7.26. The van der Waals surface area contributed by atoms with Gasteiger partial charge in [0.1, 0.15) is 0 Å². The minimum Gasteiger partial charge on any atom is -0.381 e. The van der Waals surface area contributed by atoms with Crippen LogP contribution in [0, 0.1) is 5.41 Å². The molecule has 86 valence electrons. The molecule has 1 aliphatic carbocycles. The first-order valence-corrected chi connectivity index (χ1v) is 7.34. The Hall–Kier alpha value is 0.270. The quantitative estimate of drug-likeness (QED) is 0.731. The van der Waals surface area contributed by atoms with Crippen molar-refractivity contribution in [2.45, 2.75) is 30.4 Å². The van der Waals surface area contributed by atoms with Crippen LogP contribution in [0.25, 0.3) is 0 Å². The van der Waals surface area contributed by atoms with Crippen molar-refractivity contribution in [1.82, 2.24) is 4.90 Å². The topological polar surface area (TPSA) is 12.5 Å². The highest BCUT2D eigenvalue weighted by Crippen LogP contribution is 2.49. The average Bonchev–Trinajstić information content (AvgIpc) is 2.71. The molecule has 2 saturated heterocycles. The van der Waals surface area contributed by atoms with Gasteiger partial charge in [0.2, 0.25) is 0 Å². The van der Waals surface area contributed by atoms with E-state index in [1.165, 1.54) is 45.3 Å². The van der Waals surface area contributed by atoms with Crippen molar-refractivity contribution in [2.75, 3.05) is 39.1 Å². The molecule has 1 saturated carbocycles. The lowest BCUT2D eigenvalue weighted by Gasteiger charge is -2.24. The lowest BCUT2D eigenvalue weighted by molar-refractivity contribution is 0.152. The Balaban J connectivity index is 1.57. The van der Waals surface area contributed by atoms with Crippen molar-refractivity contribution >= 4 is 11.8 Å². The van der Waals surface area contributed by atoms with Gasteiger partial charge >= 0.3 is 0 Å². The third-order valence-electron chi connectivity index (χ3n) is 4.45. The number of hydrogen-bond donors (Lipinski definition) is 0. The SMILES string of the molecule is CSC1(CN2CCC3(CCOC3)C2)CC1. The summed E-state index contributed by atoms with van der Waals surface area (Å²) in [6.45, 7) is 5.97. The van der Waals surface area contributed by atoms with Crippen molar-refractivity contribution in [3.8, 4) is 0 Å². The zero-order valence-corrected chi connectivity index (χ0v) is 10.4. The van der Waals surface area contributed by atoms with Gasteiger partial charge in [-0.25, -0.2) is 0 Å². The first kappa shape index (κ1) is 10.4. The highest BCUT2D eigenvalue weighted by Gasteiger charge is 2.47. The van der Waals surface area contributed by atoms with Crippen LogP contribution in [0.3, 0.4) is 0 Å². The minimum atomic E-state index is 0.550. The van der Waals surface area contributed by atoms with Crippen LogP contribution < -0.4 is 0 Å². The fourth-order valence-electron chi connectivity index (χ4n) is 3.11. The van der Waals surface area contributed by atoms with Crippen molar-refractivity contribution < 1.29 is 4.74 Å². The summed E-state index contributed by atoms with van der Waals surface area (Å²) < 4.78 is 6.21. The highest BCUT2D eigenvalue weighted by molar-refractivity contribution is 8.00. The van der Waals surface area contributed by atoms with Crippen molar-refractivity contribution in [2.24, 2.45) is 5.41 Å². The molecule has 3 heteroatoms. The normalized spacial score (nSPS) is 39.0. The molecule has 3 aliphatic rings. The van der Waals surface area contributed by atoms with Gasteiger partial charge in [-0.3, -0.25) is 0 Å². The summed E-state index contributed by atoms with van der Waals surface area (Å²) in [6.07, 6.45) is 7.83. The standard InChI is InChI=1S/C12H21NOS/c1-15-12(2-3-12)9-13-6-4-11(8-13)5-7-14-10-11/h2-10H2,1H3. The van der Waals surface area contributed by atoms with Crippen LogP contribution in [0.5, 0.6) is 0 Å². The molecular weight excluding hydrogens is 206 g/mol. The first-order valence-electron chi connectivity index (χ1n) is 6.11. The van der Waals surface area contributed by atoms with Crippen LogP contribution in [-0.4, -0.2) is 48.8 Å². The molecule has 0 aromatic carbocycles. The van der Waals surface area contributed by atoms with E-state index in [-0.39, 0.29) is 0 Å². The summed E-state index contributed by atoms with van der Waals surface area (Å²) in [5, 5.41) is 0. The molecule has 0 N–H and O–H groups in total. The van der Waals surface area contributed by atoms with Crippen LogP contribution in [0.1, 0.15) is 25.7 Å². The van der Waals surface area contributed by atoms with Gasteiger partial charge in [0.25, 0.3) is 0 Å². The fraction of sp³-hybridized carbons (Fsp3) is 1.00. The molecule has 0 radical (unpaired) electrons. The Morgan fingerprint density at radius 2 is 2.13 bits per heavy atom. The van der Waals surface area contributed by atoms with Gasteiger partial charge in [0.15, 0.2) is 0 Å². The van der Waals surface area contributed by atoms with Gasteiger partial charge in [-0.1, -0.05) is 0 Å². The lowest BCUT2D eigenvalue weighted by Crippen LogP contribution is -2.33. The molecule has 2 aliphatic heterocycles. The minimum absolute atomic E-state index is 0.550. The molecule has 2 nitrogen and oxygen atoms in total. The monoisotopic (exact) mass is 227 g/mol. The van der Waals surface area contributed by atoms with Gasteiger partial charge < -0.3 is 9.64 Å². The van der Waals surface area contributed by atoms with E-state index in [1.807, 2.05) is 0 Å². The molecule has 1 spiro atoms. The number of likely N-dealkylation sites (tertiary alicyclic amines) is 1. The number of hydrogen-bond acceptors (Lipinski definition) is 3. The maximum Gasteiger partial charge on any atom is 0.0536 e. The Bertz CT molecular complexity index is 246. The second-order valence-corrected chi connectivity index (χ2v) is 6.92. The molecule has 3 rings (SSSR count). The molecule has 0 aromatic heterocycles. The third kappa shape index (κ3) is 1.94.